The van der Waals surface area contributed by atoms with Gasteiger partial charge >= 0.3 is 0 Å². The maximum Gasteiger partial charge on any atom is 0.141 e. The molecule has 0 aromatic heterocycles. The summed E-state index contributed by atoms with van der Waals surface area (Å²) in [7, 11) is 0. The summed E-state index contributed by atoms with van der Waals surface area (Å²) in [5.74, 6) is 0. The number of rotatable bonds is 1. The monoisotopic (exact) mass is 311 g/mol. The molecule has 0 bridgehead atoms. The Morgan fingerprint density at radius 2 is 1.53 bits per heavy atom. The summed E-state index contributed by atoms with van der Waals surface area (Å²) in [6, 6.07) is -0.348. The molecule has 0 aromatic rings. The summed E-state index contributed by atoms with van der Waals surface area (Å²) < 4.78 is 0.565. The zero-order valence-electron chi connectivity index (χ0n) is 9.87. The molecule has 102 valence electrons. The van der Waals surface area contributed by atoms with Gasteiger partial charge in [0.2, 0.25) is 0 Å². The molecule has 0 unspecified atom stereocenters. The molecule has 2 heterocycles. The third kappa shape index (κ3) is 2.67. The Hall–Kier alpha value is 0.280. The second-order valence-corrected chi connectivity index (χ2v) is 5.21. The normalized spacial score (nSPS) is 40.9. The first-order chi connectivity index (χ1) is 7.60. The van der Waals surface area contributed by atoms with Crippen LogP contribution in [0.4, 0.5) is 0 Å². The second-order valence-electron chi connectivity index (χ2n) is 5.21. The van der Waals surface area contributed by atoms with Crippen molar-refractivity contribution < 1.29 is 41.9 Å². The van der Waals surface area contributed by atoms with Gasteiger partial charge in [0.15, 0.2) is 0 Å². The Balaban J connectivity index is 0.00000144. The van der Waals surface area contributed by atoms with Crippen molar-refractivity contribution >= 4 is 0 Å². The van der Waals surface area contributed by atoms with Gasteiger partial charge in [0, 0.05) is 0 Å². The van der Waals surface area contributed by atoms with Crippen LogP contribution in [0.1, 0.15) is 19.3 Å². The van der Waals surface area contributed by atoms with Gasteiger partial charge in [-0.3, -0.25) is 0 Å². The van der Waals surface area contributed by atoms with Crippen molar-refractivity contribution in [2.24, 2.45) is 0 Å². The van der Waals surface area contributed by atoms with Gasteiger partial charge < -0.3 is 41.9 Å². The zero-order valence-corrected chi connectivity index (χ0v) is 11.5. The Labute approximate surface area is 112 Å². The Bertz CT molecular complexity index is 248. The predicted molar refractivity (Wildman–Crippen MR) is 57.6 cm³/mol. The summed E-state index contributed by atoms with van der Waals surface area (Å²) in [6.45, 7) is 2.08. The van der Waals surface area contributed by atoms with Crippen LogP contribution in [0.5, 0.6) is 0 Å². The molecular formula is C11H22BrNO4. The van der Waals surface area contributed by atoms with Crippen LogP contribution in [0, 0.1) is 0 Å². The van der Waals surface area contributed by atoms with Crippen molar-refractivity contribution in [3.63, 3.8) is 0 Å². The third-order valence-corrected chi connectivity index (χ3v) is 4.29. The molecule has 2 fully saturated rings. The van der Waals surface area contributed by atoms with Gasteiger partial charge in [-0.1, -0.05) is 0 Å². The van der Waals surface area contributed by atoms with Crippen molar-refractivity contribution in [2.45, 2.75) is 43.6 Å². The highest BCUT2D eigenvalue weighted by Crippen LogP contribution is 2.31. The average molecular weight is 312 g/mol. The summed E-state index contributed by atoms with van der Waals surface area (Å²) in [4.78, 5) is 0. The highest BCUT2D eigenvalue weighted by molar-refractivity contribution is 4.88. The van der Waals surface area contributed by atoms with Crippen LogP contribution in [0.2, 0.25) is 0 Å². The number of hydrogen-bond donors (Lipinski definition) is 4. The first-order valence-corrected chi connectivity index (χ1v) is 6.11. The van der Waals surface area contributed by atoms with E-state index in [4.69, 9.17) is 0 Å². The van der Waals surface area contributed by atoms with Crippen LogP contribution in [0.3, 0.4) is 0 Å². The molecule has 4 atom stereocenters. The number of piperidine rings is 2. The van der Waals surface area contributed by atoms with E-state index in [9.17, 15) is 20.4 Å². The molecule has 0 radical (unpaired) electrons. The average Bonchev–Trinajstić information content (AvgIpc) is 2.28. The first-order valence-electron chi connectivity index (χ1n) is 6.11. The first kappa shape index (κ1) is 15.3. The van der Waals surface area contributed by atoms with E-state index in [1.165, 1.54) is 6.42 Å². The number of hydrogen-bond acceptors (Lipinski definition) is 4. The molecule has 0 amide bonds. The van der Waals surface area contributed by atoms with Gasteiger partial charge in [-0.05, 0) is 19.3 Å². The lowest BCUT2D eigenvalue weighted by atomic mass is 9.88. The topological polar surface area (TPSA) is 80.9 Å². The lowest BCUT2D eigenvalue weighted by Gasteiger charge is -2.53. The number of aliphatic hydroxyl groups is 4. The molecule has 2 saturated heterocycles. The van der Waals surface area contributed by atoms with Gasteiger partial charge in [-0.25, -0.2) is 0 Å². The van der Waals surface area contributed by atoms with E-state index in [0.29, 0.717) is 11.0 Å². The number of halogens is 1. The number of quaternary nitrogens is 1. The Kier molecular flexibility index (Phi) is 5.37. The summed E-state index contributed by atoms with van der Waals surface area (Å²) >= 11 is 0. The van der Waals surface area contributed by atoms with Crippen molar-refractivity contribution in [3.05, 3.63) is 0 Å². The van der Waals surface area contributed by atoms with Crippen LogP contribution >= 0.6 is 0 Å². The minimum Gasteiger partial charge on any atom is -1.00 e. The molecule has 1 spiro atoms. The smallest absolute Gasteiger partial charge is 0.141 e. The SMILES string of the molecule is OC[C@@H]1[C@H](O)[C@H](O)[C@@H](O)C[N+]12CCCCC2.[Br-]. The molecule has 2 rings (SSSR count). The minimum absolute atomic E-state index is 0. The molecule has 2 aliphatic heterocycles. The van der Waals surface area contributed by atoms with Crippen LogP contribution in [-0.2, 0) is 0 Å². The van der Waals surface area contributed by atoms with E-state index in [0.717, 1.165) is 25.9 Å². The number of nitrogens with zero attached hydrogens (tertiary/aromatic N) is 1. The van der Waals surface area contributed by atoms with E-state index >= 15 is 0 Å². The molecule has 5 nitrogen and oxygen atoms in total. The highest BCUT2D eigenvalue weighted by atomic mass is 79.9. The predicted octanol–water partition coefficient (Wildman–Crippen LogP) is -4.55. The van der Waals surface area contributed by atoms with Crippen molar-refractivity contribution in [1.29, 1.82) is 0 Å². The lowest BCUT2D eigenvalue weighted by Crippen LogP contribution is -3.00. The maximum absolute atomic E-state index is 9.94. The van der Waals surface area contributed by atoms with Crippen LogP contribution < -0.4 is 17.0 Å². The zero-order chi connectivity index (χ0) is 11.8. The van der Waals surface area contributed by atoms with Gasteiger partial charge in [0.25, 0.3) is 0 Å². The van der Waals surface area contributed by atoms with Crippen molar-refractivity contribution in [3.8, 4) is 0 Å². The van der Waals surface area contributed by atoms with E-state index in [1.54, 1.807) is 0 Å². The molecule has 0 aromatic carbocycles. The maximum atomic E-state index is 9.94. The van der Waals surface area contributed by atoms with Gasteiger partial charge in [-0.2, -0.15) is 0 Å². The highest BCUT2D eigenvalue weighted by Gasteiger charge is 2.52. The van der Waals surface area contributed by atoms with Crippen molar-refractivity contribution in [1.82, 2.24) is 0 Å². The Morgan fingerprint density at radius 1 is 0.941 bits per heavy atom. The molecule has 6 heteroatoms. The van der Waals surface area contributed by atoms with E-state index < -0.39 is 18.3 Å². The largest absolute Gasteiger partial charge is 1.00 e. The fraction of sp³-hybridized carbons (Fsp3) is 1.00. The fourth-order valence-electron chi connectivity index (χ4n) is 3.33. The molecule has 2 aliphatic rings. The van der Waals surface area contributed by atoms with E-state index in [2.05, 4.69) is 0 Å². The quantitative estimate of drug-likeness (QED) is 0.368. The van der Waals surface area contributed by atoms with Crippen molar-refractivity contribution in [2.75, 3.05) is 26.2 Å². The standard InChI is InChI=1S/C11H22NO4.BrH/c13-7-8-10(15)11(16)9(14)6-12(8)4-2-1-3-5-12;/h8-11,13-16H,1-7H2;1H/q+1;/p-1/t8-,9+,10+,11-;/m1./s1. The van der Waals surface area contributed by atoms with Crippen LogP contribution in [-0.4, -0.2) is 75.5 Å². The van der Waals surface area contributed by atoms with E-state index in [-0.39, 0.29) is 29.6 Å². The summed E-state index contributed by atoms with van der Waals surface area (Å²) in [6.07, 6.45) is 0.274. The van der Waals surface area contributed by atoms with E-state index in [1.807, 2.05) is 0 Å². The van der Waals surface area contributed by atoms with Gasteiger partial charge in [0.1, 0.15) is 30.9 Å². The minimum atomic E-state index is -1.12. The lowest BCUT2D eigenvalue weighted by molar-refractivity contribution is -0.967. The molecule has 0 aliphatic carbocycles. The molecule has 4 N–H and O–H groups in total. The Morgan fingerprint density at radius 3 is 2.06 bits per heavy atom. The summed E-state index contributed by atoms with van der Waals surface area (Å²) in [5, 5.41) is 38.8. The molecular weight excluding hydrogens is 290 g/mol. The fourth-order valence-corrected chi connectivity index (χ4v) is 3.33. The summed E-state index contributed by atoms with van der Waals surface area (Å²) in [5.41, 5.74) is 0. The molecule has 0 saturated carbocycles. The molecule has 17 heavy (non-hydrogen) atoms. The number of aliphatic hydroxyl groups excluding tert-OH is 4. The van der Waals surface area contributed by atoms with Gasteiger partial charge in [-0.15, -0.1) is 0 Å². The van der Waals surface area contributed by atoms with Crippen LogP contribution in [0.15, 0.2) is 0 Å². The second kappa shape index (κ2) is 5.95. The third-order valence-electron chi connectivity index (χ3n) is 4.29. The van der Waals surface area contributed by atoms with Crippen LogP contribution in [0.25, 0.3) is 0 Å². The van der Waals surface area contributed by atoms with Gasteiger partial charge in [0.05, 0.1) is 19.7 Å².